The number of ether oxygens (including phenoxy) is 1. The van der Waals surface area contributed by atoms with Crippen LogP contribution in [0.2, 0.25) is 0 Å². The molecular formula is C26H22O6. The van der Waals surface area contributed by atoms with E-state index >= 15 is 0 Å². The topological polar surface area (TPSA) is 100 Å². The summed E-state index contributed by atoms with van der Waals surface area (Å²) in [6.45, 7) is 0.460. The highest BCUT2D eigenvalue weighted by Crippen LogP contribution is 2.43. The summed E-state index contributed by atoms with van der Waals surface area (Å²) in [5.74, 6) is -0.0869. The maximum absolute atomic E-state index is 13.1. The third kappa shape index (κ3) is 3.43. The fourth-order valence-corrected chi connectivity index (χ4v) is 4.33. The molecule has 4 aromatic rings. The van der Waals surface area contributed by atoms with Gasteiger partial charge in [0.15, 0.2) is 5.43 Å². The Labute approximate surface area is 184 Å². The molecule has 32 heavy (non-hydrogen) atoms. The standard InChI is InChI=1S/C26H22O6/c27-18-10-5-4-9-16(18)22-14-21(30)24-20(29)13-17(15-7-2-1-3-8-15)23(26(24)32-22)25-19(28)11-6-12-31-25/h1-5,7-10,13-14,19,25,27-29H,6,11-12H2. The van der Waals surface area contributed by atoms with Crippen LogP contribution in [0.25, 0.3) is 33.4 Å². The SMILES string of the molecule is O=c1cc(-c2ccccc2O)oc2c(C3OCCCC3O)c(-c3ccccc3)cc(O)c12. The molecule has 3 N–H and O–H groups in total. The number of para-hydroxylation sites is 1. The van der Waals surface area contributed by atoms with Crippen LogP contribution in [0.15, 0.2) is 75.9 Å². The van der Waals surface area contributed by atoms with E-state index in [1.165, 1.54) is 18.2 Å². The van der Waals surface area contributed by atoms with Gasteiger partial charge in [0.2, 0.25) is 0 Å². The minimum atomic E-state index is -0.793. The van der Waals surface area contributed by atoms with Gasteiger partial charge in [-0.05, 0) is 42.2 Å². The molecule has 1 aromatic heterocycles. The molecule has 2 unspecified atom stereocenters. The minimum Gasteiger partial charge on any atom is -0.507 e. The van der Waals surface area contributed by atoms with Crippen molar-refractivity contribution in [3.05, 3.63) is 82.5 Å². The highest BCUT2D eigenvalue weighted by atomic mass is 16.5. The van der Waals surface area contributed by atoms with Crippen LogP contribution in [-0.4, -0.2) is 28.0 Å². The number of phenols is 2. The van der Waals surface area contributed by atoms with E-state index in [0.29, 0.717) is 29.7 Å². The third-order valence-corrected chi connectivity index (χ3v) is 5.85. The minimum absolute atomic E-state index is 0.0141. The molecule has 2 atom stereocenters. The fraction of sp³-hybridized carbons (Fsp3) is 0.192. The van der Waals surface area contributed by atoms with Gasteiger partial charge in [-0.1, -0.05) is 42.5 Å². The van der Waals surface area contributed by atoms with Gasteiger partial charge in [-0.15, -0.1) is 0 Å². The molecule has 2 heterocycles. The Morgan fingerprint density at radius 3 is 2.38 bits per heavy atom. The van der Waals surface area contributed by atoms with Gasteiger partial charge in [0, 0.05) is 18.2 Å². The lowest BCUT2D eigenvalue weighted by Crippen LogP contribution is -2.27. The molecule has 5 rings (SSSR count). The fourth-order valence-electron chi connectivity index (χ4n) is 4.33. The summed E-state index contributed by atoms with van der Waals surface area (Å²) in [6.07, 6.45) is -0.255. The van der Waals surface area contributed by atoms with Gasteiger partial charge < -0.3 is 24.5 Å². The van der Waals surface area contributed by atoms with Crippen molar-refractivity contribution in [2.24, 2.45) is 0 Å². The van der Waals surface area contributed by atoms with Gasteiger partial charge in [-0.2, -0.15) is 0 Å². The van der Waals surface area contributed by atoms with Crippen molar-refractivity contribution in [1.82, 2.24) is 0 Å². The van der Waals surface area contributed by atoms with Crippen LogP contribution >= 0.6 is 0 Å². The van der Waals surface area contributed by atoms with Crippen molar-refractivity contribution >= 4 is 11.0 Å². The normalized spacial score (nSPS) is 18.7. The molecule has 1 aliphatic rings. The highest BCUT2D eigenvalue weighted by molar-refractivity contribution is 5.94. The Morgan fingerprint density at radius 2 is 1.62 bits per heavy atom. The molecule has 0 bridgehead atoms. The Kier molecular flexibility index (Phi) is 5.17. The van der Waals surface area contributed by atoms with E-state index in [-0.39, 0.29) is 28.2 Å². The lowest BCUT2D eigenvalue weighted by molar-refractivity contribution is -0.0752. The number of aliphatic hydroxyl groups is 1. The van der Waals surface area contributed by atoms with Gasteiger partial charge >= 0.3 is 0 Å². The number of aliphatic hydroxyl groups excluding tert-OH is 1. The summed E-state index contributed by atoms with van der Waals surface area (Å²) >= 11 is 0. The molecule has 1 saturated heterocycles. The number of benzene rings is 3. The van der Waals surface area contributed by atoms with Crippen molar-refractivity contribution in [3.8, 4) is 33.9 Å². The lowest BCUT2D eigenvalue weighted by Gasteiger charge is -2.30. The molecule has 6 nitrogen and oxygen atoms in total. The van der Waals surface area contributed by atoms with Gasteiger partial charge in [0.1, 0.15) is 34.3 Å². The van der Waals surface area contributed by atoms with E-state index in [1.54, 1.807) is 18.2 Å². The number of fused-ring (bicyclic) bond motifs is 1. The second-order valence-corrected chi connectivity index (χ2v) is 7.92. The predicted molar refractivity (Wildman–Crippen MR) is 121 cm³/mol. The molecule has 3 aromatic carbocycles. The number of phenolic OH excluding ortho intramolecular Hbond substituents is 2. The zero-order valence-corrected chi connectivity index (χ0v) is 17.2. The van der Waals surface area contributed by atoms with Crippen molar-refractivity contribution in [1.29, 1.82) is 0 Å². The summed E-state index contributed by atoms with van der Waals surface area (Å²) in [4.78, 5) is 13.1. The zero-order valence-electron chi connectivity index (χ0n) is 17.2. The average Bonchev–Trinajstić information content (AvgIpc) is 2.80. The van der Waals surface area contributed by atoms with E-state index in [0.717, 1.165) is 12.0 Å². The molecule has 6 heteroatoms. The molecule has 0 aliphatic carbocycles. The Bertz CT molecular complexity index is 1340. The summed E-state index contributed by atoms with van der Waals surface area (Å²) in [5.41, 5.74) is 1.95. The van der Waals surface area contributed by atoms with Gasteiger partial charge in [-0.3, -0.25) is 4.79 Å². The van der Waals surface area contributed by atoms with Crippen LogP contribution in [0.5, 0.6) is 11.5 Å². The van der Waals surface area contributed by atoms with Crippen molar-refractivity contribution in [2.45, 2.75) is 25.0 Å². The van der Waals surface area contributed by atoms with Crippen LogP contribution in [0, 0.1) is 0 Å². The first-order valence-electron chi connectivity index (χ1n) is 10.5. The molecule has 0 radical (unpaired) electrons. The summed E-state index contributed by atoms with van der Waals surface area (Å²) in [5, 5.41) is 31.9. The smallest absolute Gasteiger partial charge is 0.197 e. The zero-order chi connectivity index (χ0) is 22.2. The average molecular weight is 430 g/mol. The molecule has 0 saturated carbocycles. The third-order valence-electron chi connectivity index (χ3n) is 5.85. The summed E-state index contributed by atoms with van der Waals surface area (Å²) in [7, 11) is 0. The molecule has 0 spiro atoms. The summed E-state index contributed by atoms with van der Waals surface area (Å²) in [6, 6.07) is 18.7. The van der Waals surface area contributed by atoms with Crippen LogP contribution in [0.4, 0.5) is 0 Å². The second kappa shape index (κ2) is 8.15. The van der Waals surface area contributed by atoms with E-state index in [9.17, 15) is 20.1 Å². The van der Waals surface area contributed by atoms with Crippen molar-refractivity contribution in [3.63, 3.8) is 0 Å². The highest BCUT2D eigenvalue weighted by Gasteiger charge is 2.32. The van der Waals surface area contributed by atoms with E-state index in [2.05, 4.69) is 0 Å². The molecule has 1 aliphatic heterocycles. The van der Waals surface area contributed by atoms with Crippen molar-refractivity contribution in [2.75, 3.05) is 6.61 Å². The van der Waals surface area contributed by atoms with E-state index in [1.807, 2.05) is 30.3 Å². The largest absolute Gasteiger partial charge is 0.507 e. The quantitative estimate of drug-likeness (QED) is 0.434. The number of aromatic hydroxyl groups is 2. The van der Waals surface area contributed by atoms with E-state index < -0.39 is 17.6 Å². The first kappa shape index (κ1) is 20.3. The van der Waals surface area contributed by atoms with Gasteiger partial charge in [0.25, 0.3) is 0 Å². The number of rotatable bonds is 3. The summed E-state index contributed by atoms with van der Waals surface area (Å²) < 4.78 is 12.1. The monoisotopic (exact) mass is 430 g/mol. The van der Waals surface area contributed by atoms with E-state index in [4.69, 9.17) is 9.15 Å². The van der Waals surface area contributed by atoms with Gasteiger partial charge in [-0.25, -0.2) is 0 Å². The second-order valence-electron chi connectivity index (χ2n) is 7.92. The van der Waals surface area contributed by atoms with Crippen molar-refractivity contribution < 1.29 is 24.5 Å². The number of hydrogen-bond donors (Lipinski definition) is 3. The lowest BCUT2D eigenvalue weighted by atomic mass is 9.89. The molecule has 162 valence electrons. The molecule has 0 amide bonds. The Balaban J connectivity index is 1.88. The van der Waals surface area contributed by atoms with Crippen LogP contribution in [-0.2, 0) is 4.74 Å². The van der Waals surface area contributed by atoms with Gasteiger partial charge in [0.05, 0.1) is 11.7 Å². The first-order chi connectivity index (χ1) is 15.5. The maximum atomic E-state index is 13.1. The Morgan fingerprint density at radius 1 is 0.875 bits per heavy atom. The van der Waals surface area contributed by atoms with Crippen LogP contribution < -0.4 is 5.43 Å². The predicted octanol–water partition coefficient (Wildman–Crippen LogP) is 4.75. The maximum Gasteiger partial charge on any atom is 0.197 e. The molecule has 1 fully saturated rings. The first-order valence-corrected chi connectivity index (χ1v) is 10.5. The molecular weight excluding hydrogens is 408 g/mol. The van der Waals surface area contributed by atoms with Crippen LogP contribution in [0.3, 0.4) is 0 Å². The van der Waals surface area contributed by atoms with Crippen LogP contribution in [0.1, 0.15) is 24.5 Å². The Hall–Kier alpha value is -3.61. The number of hydrogen-bond acceptors (Lipinski definition) is 6.